The van der Waals surface area contributed by atoms with Gasteiger partial charge in [0.1, 0.15) is 11.6 Å². The second kappa shape index (κ2) is 8.99. The summed E-state index contributed by atoms with van der Waals surface area (Å²) in [7, 11) is 0. The summed E-state index contributed by atoms with van der Waals surface area (Å²) in [5.74, 6) is -1.09. The number of hydrogen-bond acceptors (Lipinski definition) is 4. The maximum absolute atomic E-state index is 13.0. The minimum atomic E-state index is -0.956. The summed E-state index contributed by atoms with van der Waals surface area (Å²) >= 11 is 0. The minimum Gasteiger partial charge on any atom is -0.449 e. The van der Waals surface area contributed by atoms with Crippen molar-refractivity contribution in [3.05, 3.63) is 83.9 Å². The van der Waals surface area contributed by atoms with E-state index in [9.17, 15) is 14.0 Å². The van der Waals surface area contributed by atoms with Crippen molar-refractivity contribution in [1.29, 1.82) is 0 Å². The van der Waals surface area contributed by atoms with Crippen LogP contribution in [0, 0.1) is 5.82 Å². The molecule has 5 nitrogen and oxygen atoms in total. The Morgan fingerprint density at radius 1 is 1.04 bits per heavy atom. The second-order valence-electron chi connectivity index (χ2n) is 6.24. The molecule has 1 unspecified atom stereocenters. The van der Waals surface area contributed by atoms with E-state index in [1.54, 1.807) is 18.2 Å². The van der Waals surface area contributed by atoms with E-state index < -0.39 is 12.1 Å². The van der Waals surface area contributed by atoms with Crippen molar-refractivity contribution in [2.24, 2.45) is 0 Å². The van der Waals surface area contributed by atoms with Gasteiger partial charge < -0.3 is 14.5 Å². The Morgan fingerprint density at radius 3 is 2.46 bits per heavy atom. The Kier molecular flexibility index (Phi) is 6.22. The van der Waals surface area contributed by atoms with Crippen LogP contribution in [-0.4, -0.2) is 24.5 Å². The Bertz CT molecular complexity index is 935. The van der Waals surface area contributed by atoms with Gasteiger partial charge in [0.05, 0.1) is 0 Å². The summed E-state index contributed by atoms with van der Waals surface area (Å²) in [5, 5.41) is 2.74. The van der Waals surface area contributed by atoms with Crippen LogP contribution in [0.2, 0.25) is 0 Å². The van der Waals surface area contributed by atoms with Gasteiger partial charge in [-0.3, -0.25) is 4.79 Å². The largest absolute Gasteiger partial charge is 0.449 e. The molecule has 1 N–H and O–H groups in total. The summed E-state index contributed by atoms with van der Waals surface area (Å²) in [4.78, 5) is 24.3. The van der Waals surface area contributed by atoms with Crippen molar-refractivity contribution in [3.63, 3.8) is 0 Å². The van der Waals surface area contributed by atoms with Gasteiger partial charge in [-0.15, -0.1) is 0 Å². The molecule has 0 saturated heterocycles. The molecule has 1 aromatic heterocycles. The highest BCUT2D eigenvalue weighted by molar-refractivity contribution is 5.90. The number of benzene rings is 2. The fourth-order valence-electron chi connectivity index (χ4n) is 2.61. The molecule has 1 amide bonds. The molecule has 1 atom stereocenters. The molecule has 0 bridgehead atoms. The van der Waals surface area contributed by atoms with E-state index in [0.29, 0.717) is 24.3 Å². The smallest absolute Gasteiger partial charge is 0.375 e. The van der Waals surface area contributed by atoms with Gasteiger partial charge in [0.2, 0.25) is 5.76 Å². The van der Waals surface area contributed by atoms with Crippen molar-refractivity contribution in [1.82, 2.24) is 5.32 Å². The van der Waals surface area contributed by atoms with Crippen LogP contribution in [-0.2, 0) is 16.0 Å². The number of carbonyl (C=O) groups is 2. The predicted molar refractivity (Wildman–Crippen MR) is 102 cm³/mol. The molecular weight excluding hydrogens is 361 g/mol. The van der Waals surface area contributed by atoms with Gasteiger partial charge in [0.15, 0.2) is 6.10 Å². The zero-order chi connectivity index (χ0) is 19.9. The first-order chi connectivity index (χ1) is 13.5. The fraction of sp³-hybridized carbons (Fsp3) is 0.182. The zero-order valence-corrected chi connectivity index (χ0v) is 15.4. The first kappa shape index (κ1) is 19.4. The monoisotopic (exact) mass is 381 g/mol. The first-order valence-corrected chi connectivity index (χ1v) is 8.91. The van der Waals surface area contributed by atoms with Crippen molar-refractivity contribution in [2.75, 3.05) is 6.54 Å². The Labute approximate surface area is 162 Å². The zero-order valence-electron chi connectivity index (χ0n) is 15.4. The summed E-state index contributed by atoms with van der Waals surface area (Å²) in [6, 6.07) is 18.5. The lowest BCUT2D eigenvalue weighted by Gasteiger charge is -2.12. The molecule has 0 aliphatic heterocycles. The molecule has 144 valence electrons. The average Bonchev–Trinajstić information content (AvgIpc) is 3.19. The highest BCUT2D eigenvalue weighted by Crippen LogP contribution is 2.23. The van der Waals surface area contributed by atoms with Crippen LogP contribution >= 0.6 is 0 Å². The Balaban J connectivity index is 1.51. The number of hydrogen-bond donors (Lipinski definition) is 1. The Morgan fingerprint density at radius 2 is 1.75 bits per heavy atom. The summed E-state index contributed by atoms with van der Waals surface area (Å²) in [6.45, 7) is 1.94. The molecule has 0 fully saturated rings. The lowest BCUT2D eigenvalue weighted by Crippen LogP contribution is -2.36. The third-order valence-electron chi connectivity index (χ3n) is 4.14. The number of furan rings is 1. The molecular formula is C22H20FNO4. The van der Waals surface area contributed by atoms with E-state index in [1.165, 1.54) is 25.1 Å². The molecule has 0 aliphatic carbocycles. The molecule has 1 heterocycles. The van der Waals surface area contributed by atoms with Gasteiger partial charge in [-0.1, -0.05) is 30.3 Å². The van der Waals surface area contributed by atoms with Crippen LogP contribution in [0.1, 0.15) is 23.0 Å². The summed E-state index contributed by atoms with van der Waals surface area (Å²) in [5.41, 5.74) is 1.74. The van der Waals surface area contributed by atoms with Crippen LogP contribution in [0.25, 0.3) is 11.3 Å². The van der Waals surface area contributed by atoms with Crippen LogP contribution in [0.5, 0.6) is 0 Å². The van der Waals surface area contributed by atoms with E-state index in [4.69, 9.17) is 9.15 Å². The SMILES string of the molecule is CC(OC(=O)c1ccc(-c2ccc(F)cc2)o1)C(=O)NCCc1ccccc1. The molecule has 0 saturated carbocycles. The third kappa shape index (κ3) is 5.07. The van der Waals surface area contributed by atoms with Gasteiger partial charge in [-0.25, -0.2) is 9.18 Å². The maximum Gasteiger partial charge on any atom is 0.375 e. The van der Waals surface area contributed by atoms with Crippen LogP contribution in [0.4, 0.5) is 4.39 Å². The number of rotatable bonds is 7. The van der Waals surface area contributed by atoms with Gasteiger partial charge >= 0.3 is 5.97 Å². The molecule has 2 aromatic carbocycles. The van der Waals surface area contributed by atoms with Crippen LogP contribution in [0.15, 0.2) is 71.1 Å². The number of amides is 1. The van der Waals surface area contributed by atoms with E-state index >= 15 is 0 Å². The molecule has 3 aromatic rings. The van der Waals surface area contributed by atoms with Crippen LogP contribution < -0.4 is 5.32 Å². The van der Waals surface area contributed by atoms with Crippen molar-refractivity contribution in [3.8, 4) is 11.3 Å². The molecule has 0 radical (unpaired) electrons. The highest BCUT2D eigenvalue weighted by Gasteiger charge is 2.21. The molecule has 0 spiro atoms. The number of nitrogens with one attached hydrogen (secondary N) is 1. The number of ether oxygens (including phenoxy) is 1. The molecule has 0 aliphatic rings. The lowest BCUT2D eigenvalue weighted by molar-refractivity contribution is -0.129. The predicted octanol–water partition coefficient (Wildman–Crippen LogP) is 3.99. The average molecular weight is 381 g/mol. The normalized spacial score (nSPS) is 11.6. The maximum atomic E-state index is 13.0. The Hall–Kier alpha value is -3.41. The number of esters is 1. The summed E-state index contributed by atoms with van der Waals surface area (Å²) in [6.07, 6.45) is -0.269. The quantitative estimate of drug-likeness (QED) is 0.629. The van der Waals surface area contributed by atoms with E-state index in [0.717, 1.165) is 5.56 Å². The minimum absolute atomic E-state index is 0.0248. The first-order valence-electron chi connectivity index (χ1n) is 8.91. The van der Waals surface area contributed by atoms with E-state index in [-0.39, 0.29) is 17.5 Å². The van der Waals surface area contributed by atoms with Gasteiger partial charge in [-0.2, -0.15) is 0 Å². The van der Waals surface area contributed by atoms with Gasteiger partial charge in [-0.05, 0) is 55.3 Å². The molecule has 28 heavy (non-hydrogen) atoms. The second-order valence-corrected chi connectivity index (χ2v) is 6.24. The topological polar surface area (TPSA) is 68.5 Å². The summed E-state index contributed by atoms with van der Waals surface area (Å²) < 4.78 is 23.6. The van der Waals surface area contributed by atoms with E-state index in [2.05, 4.69) is 5.32 Å². The van der Waals surface area contributed by atoms with E-state index in [1.807, 2.05) is 30.3 Å². The third-order valence-corrected chi connectivity index (χ3v) is 4.14. The van der Waals surface area contributed by atoms with Crippen molar-refractivity contribution >= 4 is 11.9 Å². The fourth-order valence-corrected chi connectivity index (χ4v) is 2.61. The van der Waals surface area contributed by atoms with Crippen molar-refractivity contribution < 1.29 is 23.1 Å². The van der Waals surface area contributed by atoms with Gasteiger partial charge in [0, 0.05) is 12.1 Å². The number of carbonyl (C=O) groups excluding carboxylic acids is 2. The van der Waals surface area contributed by atoms with Gasteiger partial charge in [0.25, 0.3) is 5.91 Å². The number of halogens is 1. The highest BCUT2D eigenvalue weighted by atomic mass is 19.1. The molecule has 6 heteroatoms. The lowest BCUT2D eigenvalue weighted by atomic mass is 10.1. The standard InChI is InChI=1S/C22H20FNO4/c1-15(21(25)24-14-13-16-5-3-2-4-6-16)27-22(26)20-12-11-19(28-20)17-7-9-18(23)10-8-17/h2-12,15H,13-14H2,1H3,(H,24,25). The van der Waals surface area contributed by atoms with Crippen molar-refractivity contribution in [2.45, 2.75) is 19.4 Å². The molecule has 3 rings (SSSR count). The van der Waals surface area contributed by atoms with Crippen LogP contribution in [0.3, 0.4) is 0 Å².